The molecule has 0 saturated carbocycles. The summed E-state index contributed by atoms with van der Waals surface area (Å²) in [5, 5.41) is 8.23. The third-order valence-corrected chi connectivity index (χ3v) is 5.27. The summed E-state index contributed by atoms with van der Waals surface area (Å²) >= 11 is 0. The van der Waals surface area contributed by atoms with Crippen molar-refractivity contribution in [1.82, 2.24) is 10.6 Å². The lowest BCUT2D eigenvalue weighted by Gasteiger charge is -2.28. The van der Waals surface area contributed by atoms with Gasteiger partial charge < -0.3 is 25.6 Å². The Morgan fingerprint density at radius 1 is 0.939 bits per heavy atom. The number of nitrogens with one attached hydrogen (secondary N) is 3. The van der Waals surface area contributed by atoms with Gasteiger partial charge in [0.05, 0.1) is 5.56 Å². The molecule has 1 heterocycles. The van der Waals surface area contributed by atoms with Gasteiger partial charge in [0.25, 0.3) is 5.91 Å². The van der Waals surface area contributed by atoms with E-state index in [2.05, 4.69) is 20.9 Å². The summed E-state index contributed by atoms with van der Waals surface area (Å²) in [6, 6.07) is 14.2. The minimum absolute atomic E-state index is 0.0539. The number of hydrogen-bond acceptors (Lipinski definition) is 5. The van der Waals surface area contributed by atoms with E-state index in [9.17, 15) is 14.4 Å². The van der Waals surface area contributed by atoms with Crippen LogP contribution in [0.3, 0.4) is 0 Å². The van der Waals surface area contributed by atoms with Gasteiger partial charge >= 0.3 is 12.0 Å². The molecule has 8 nitrogen and oxygen atoms in total. The van der Waals surface area contributed by atoms with Crippen molar-refractivity contribution in [3.05, 3.63) is 59.7 Å². The Kier molecular flexibility index (Phi) is 8.69. The standard InChI is InChI=1S/C25H32N4O4/c1-18(2)27-25(32)26-16-19-6-8-20(9-7-19)24(31)33-17-23(30)28-21-10-12-22(13-11-21)29-14-4-3-5-15-29/h6-13,18H,3-5,14-17H2,1-2H3,(H,28,30)(H2,26,27,32). The van der Waals surface area contributed by atoms with Crippen LogP contribution in [0, 0.1) is 0 Å². The molecule has 2 aromatic rings. The Hall–Kier alpha value is -3.55. The van der Waals surface area contributed by atoms with Gasteiger partial charge in [-0.25, -0.2) is 9.59 Å². The Morgan fingerprint density at radius 2 is 1.61 bits per heavy atom. The van der Waals surface area contributed by atoms with Gasteiger partial charge in [0.1, 0.15) is 0 Å². The number of nitrogens with zero attached hydrogens (tertiary/aromatic N) is 1. The number of anilines is 2. The zero-order valence-corrected chi connectivity index (χ0v) is 19.2. The van der Waals surface area contributed by atoms with E-state index in [0.29, 0.717) is 17.8 Å². The average Bonchev–Trinajstić information content (AvgIpc) is 2.82. The molecule has 3 rings (SSSR count). The molecule has 33 heavy (non-hydrogen) atoms. The Balaban J connectivity index is 1.41. The van der Waals surface area contributed by atoms with E-state index < -0.39 is 11.9 Å². The molecular weight excluding hydrogens is 420 g/mol. The number of esters is 1. The number of benzene rings is 2. The van der Waals surface area contributed by atoms with Gasteiger partial charge in [-0.05, 0) is 75.1 Å². The summed E-state index contributed by atoms with van der Waals surface area (Å²) in [5.74, 6) is -0.978. The number of hydrogen-bond donors (Lipinski definition) is 3. The molecule has 3 N–H and O–H groups in total. The Morgan fingerprint density at radius 3 is 2.24 bits per heavy atom. The fourth-order valence-corrected chi connectivity index (χ4v) is 3.57. The molecule has 1 aliphatic rings. The van der Waals surface area contributed by atoms with Gasteiger partial charge in [0.15, 0.2) is 6.61 Å². The summed E-state index contributed by atoms with van der Waals surface area (Å²) in [7, 11) is 0. The minimum atomic E-state index is -0.581. The summed E-state index contributed by atoms with van der Waals surface area (Å²) in [6.45, 7) is 5.86. The molecule has 176 valence electrons. The van der Waals surface area contributed by atoms with E-state index in [4.69, 9.17) is 4.74 Å². The van der Waals surface area contributed by atoms with Crippen LogP contribution < -0.4 is 20.9 Å². The normalized spacial score (nSPS) is 13.4. The molecular formula is C25H32N4O4. The molecule has 2 aromatic carbocycles. The first-order valence-corrected chi connectivity index (χ1v) is 11.4. The molecule has 0 atom stereocenters. The second kappa shape index (κ2) is 11.9. The number of amides is 3. The van der Waals surface area contributed by atoms with Crippen molar-refractivity contribution in [2.24, 2.45) is 0 Å². The van der Waals surface area contributed by atoms with Crippen LogP contribution in [0.2, 0.25) is 0 Å². The lowest BCUT2D eigenvalue weighted by atomic mass is 10.1. The van der Waals surface area contributed by atoms with Crippen molar-refractivity contribution in [1.29, 1.82) is 0 Å². The largest absolute Gasteiger partial charge is 0.452 e. The van der Waals surface area contributed by atoms with E-state index in [0.717, 1.165) is 24.3 Å². The van der Waals surface area contributed by atoms with E-state index in [-0.39, 0.29) is 18.7 Å². The van der Waals surface area contributed by atoms with Crippen LogP contribution >= 0.6 is 0 Å². The maximum absolute atomic E-state index is 12.2. The van der Waals surface area contributed by atoms with Crippen LogP contribution in [0.25, 0.3) is 0 Å². The summed E-state index contributed by atoms with van der Waals surface area (Å²) in [5.41, 5.74) is 2.99. The monoisotopic (exact) mass is 452 g/mol. The fraction of sp³-hybridized carbons (Fsp3) is 0.400. The lowest BCUT2D eigenvalue weighted by molar-refractivity contribution is -0.119. The molecule has 8 heteroatoms. The first kappa shape index (κ1) is 24.1. The predicted octanol–water partition coefficient (Wildman–Crippen LogP) is 3.68. The van der Waals surface area contributed by atoms with Gasteiger partial charge in [-0.3, -0.25) is 4.79 Å². The highest BCUT2D eigenvalue weighted by molar-refractivity contribution is 5.95. The molecule has 0 radical (unpaired) electrons. The molecule has 0 aliphatic carbocycles. The minimum Gasteiger partial charge on any atom is -0.452 e. The highest BCUT2D eigenvalue weighted by Gasteiger charge is 2.13. The smallest absolute Gasteiger partial charge is 0.338 e. The predicted molar refractivity (Wildman–Crippen MR) is 128 cm³/mol. The average molecular weight is 453 g/mol. The zero-order chi connectivity index (χ0) is 23.6. The van der Waals surface area contributed by atoms with Gasteiger partial charge in [0, 0.05) is 37.1 Å². The van der Waals surface area contributed by atoms with E-state index in [1.54, 1.807) is 24.3 Å². The Labute approximate surface area is 194 Å². The SMILES string of the molecule is CC(C)NC(=O)NCc1ccc(C(=O)OCC(=O)Nc2ccc(N3CCCCC3)cc2)cc1. The van der Waals surface area contributed by atoms with E-state index in [1.165, 1.54) is 19.3 Å². The van der Waals surface area contributed by atoms with Crippen molar-refractivity contribution >= 4 is 29.3 Å². The van der Waals surface area contributed by atoms with Crippen LogP contribution in [-0.2, 0) is 16.1 Å². The Bertz CT molecular complexity index is 936. The van der Waals surface area contributed by atoms with Gasteiger partial charge in [0.2, 0.25) is 0 Å². The van der Waals surface area contributed by atoms with E-state index >= 15 is 0 Å². The number of urea groups is 1. The summed E-state index contributed by atoms with van der Waals surface area (Å²) in [4.78, 5) is 38.4. The third-order valence-electron chi connectivity index (χ3n) is 5.27. The van der Waals surface area contributed by atoms with Gasteiger partial charge in [-0.2, -0.15) is 0 Å². The van der Waals surface area contributed by atoms with Crippen molar-refractivity contribution in [2.75, 3.05) is 29.9 Å². The van der Waals surface area contributed by atoms with Crippen LogP contribution in [0.4, 0.5) is 16.2 Å². The molecule has 3 amide bonds. The number of piperidine rings is 1. The number of rotatable bonds is 8. The number of carbonyl (C=O) groups excluding carboxylic acids is 3. The second-order valence-electron chi connectivity index (χ2n) is 8.40. The summed E-state index contributed by atoms with van der Waals surface area (Å²) in [6.07, 6.45) is 3.69. The topological polar surface area (TPSA) is 99.8 Å². The highest BCUT2D eigenvalue weighted by Crippen LogP contribution is 2.21. The maximum Gasteiger partial charge on any atom is 0.338 e. The van der Waals surface area contributed by atoms with Crippen molar-refractivity contribution in [2.45, 2.75) is 45.7 Å². The fourth-order valence-electron chi connectivity index (χ4n) is 3.57. The first-order valence-electron chi connectivity index (χ1n) is 11.4. The van der Waals surface area contributed by atoms with Crippen LogP contribution in [0.5, 0.6) is 0 Å². The molecule has 0 spiro atoms. The van der Waals surface area contributed by atoms with E-state index in [1.807, 2.05) is 38.1 Å². The van der Waals surface area contributed by atoms with Crippen LogP contribution in [-0.4, -0.2) is 43.6 Å². The molecule has 1 saturated heterocycles. The van der Waals surface area contributed by atoms with Crippen LogP contribution in [0.15, 0.2) is 48.5 Å². The first-order chi connectivity index (χ1) is 15.9. The molecule has 0 unspecified atom stereocenters. The van der Waals surface area contributed by atoms with Crippen LogP contribution in [0.1, 0.15) is 49.0 Å². The lowest BCUT2D eigenvalue weighted by Crippen LogP contribution is -2.39. The number of carbonyl (C=O) groups is 3. The van der Waals surface area contributed by atoms with Crippen molar-refractivity contribution in [3.8, 4) is 0 Å². The maximum atomic E-state index is 12.2. The van der Waals surface area contributed by atoms with Crippen molar-refractivity contribution < 1.29 is 19.1 Å². The summed E-state index contributed by atoms with van der Waals surface area (Å²) < 4.78 is 5.12. The van der Waals surface area contributed by atoms with Gasteiger partial charge in [-0.1, -0.05) is 12.1 Å². The molecule has 0 bridgehead atoms. The molecule has 0 aromatic heterocycles. The number of ether oxygens (including phenoxy) is 1. The molecule has 1 aliphatic heterocycles. The van der Waals surface area contributed by atoms with Crippen molar-refractivity contribution in [3.63, 3.8) is 0 Å². The third kappa shape index (κ3) is 7.82. The quantitative estimate of drug-likeness (QED) is 0.531. The zero-order valence-electron chi connectivity index (χ0n) is 19.2. The highest BCUT2D eigenvalue weighted by atomic mass is 16.5. The van der Waals surface area contributed by atoms with Gasteiger partial charge in [-0.15, -0.1) is 0 Å². The molecule has 1 fully saturated rings. The second-order valence-corrected chi connectivity index (χ2v) is 8.40.